The number of hydrazone groups is 1. The molecule has 0 unspecified atom stereocenters. The summed E-state index contributed by atoms with van der Waals surface area (Å²) in [6.45, 7) is 0. The predicted octanol–water partition coefficient (Wildman–Crippen LogP) is 3.33. The number of hydrogen-bond acceptors (Lipinski definition) is 6. The molecule has 0 aliphatic carbocycles. The van der Waals surface area contributed by atoms with Gasteiger partial charge in [0.05, 0.1) is 13.3 Å². The predicted molar refractivity (Wildman–Crippen MR) is 88.2 cm³/mol. The van der Waals surface area contributed by atoms with Crippen molar-refractivity contribution in [1.29, 1.82) is 0 Å². The fourth-order valence-corrected chi connectivity index (χ4v) is 2.50. The molecule has 1 heterocycles. The molecule has 2 aromatic carbocycles. The number of nitrogen functional groups attached to an aromatic ring is 1. The summed E-state index contributed by atoms with van der Waals surface area (Å²) >= 11 is 1.42. The second-order valence-electron chi connectivity index (χ2n) is 4.42. The second kappa shape index (κ2) is 5.80. The normalized spacial score (nSPS) is 11.1. The van der Waals surface area contributed by atoms with Crippen molar-refractivity contribution in [1.82, 2.24) is 4.98 Å². The first-order chi connectivity index (χ1) is 10.2. The van der Waals surface area contributed by atoms with Crippen LogP contribution < -0.4 is 15.9 Å². The van der Waals surface area contributed by atoms with Gasteiger partial charge in [-0.15, -0.1) is 11.3 Å². The molecule has 106 valence electrons. The Bertz CT molecular complexity index is 797. The van der Waals surface area contributed by atoms with Gasteiger partial charge in [-0.05, 0) is 34.5 Å². The van der Waals surface area contributed by atoms with Gasteiger partial charge in [-0.2, -0.15) is 5.10 Å². The lowest BCUT2D eigenvalue weighted by Gasteiger charge is -2.03. The van der Waals surface area contributed by atoms with Crippen molar-refractivity contribution in [3.8, 4) is 5.75 Å². The van der Waals surface area contributed by atoms with Crippen LogP contribution in [-0.2, 0) is 0 Å². The van der Waals surface area contributed by atoms with Crippen molar-refractivity contribution in [3.63, 3.8) is 0 Å². The molecule has 0 radical (unpaired) electrons. The molecule has 0 atom stereocenters. The number of hydrogen-bond donors (Lipinski definition) is 2. The number of nitrogens with one attached hydrogen (secondary N) is 1. The molecule has 5 nitrogen and oxygen atoms in total. The molecule has 0 aliphatic heterocycles. The van der Waals surface area contributed by atoms with Gasteiger partial charge in [-0.25, -0.2) is 4.98 Å². The third kappa shape index (κ3) is 3.11. The Hall–Kier alpha value is -2.60. The van der Waals surface area contributed by atoms with Crippen molar-refractivity contribution in [2.45, 2.75) is 0 Å². The minimum Gasteiger partial charge on any atom is -0.497 e. The van der Waals surface area contributed by atoms with Gasteiger partial charge in [0.25, 0.3) is 0 Å². The smallest absolute Gasteiger partial charge is 0.205 e. The molecule has 1 aromatic heterocycles. The molecule has 3 rings (SSSR count). The Balaban J connectivity index is 1.77. The Labute approximate surface area is 126 Å². The number of ether oxygens (including phenoxy) is 1. The molecule has 0 spiro atoms. The zero-order valence-electron chi connectivity index (χ0n) is 11.4. The maximum atomic E-state index is 5.54. The van der Waals surface area contributed by atoms with Crippen LogP contribution in [0.4, 0.5) is 10.9 Å². The number of fused-ring (bicyclic) bond motifs is 1. The number of anilines is 2. The number of nitrogens with two attached hydrogens (primary N) is 1. The number of methoxy groups -OCH3 is 1. The number of aromatic nitrogens is 1. The van der Waals surface area contributed by atoms with E-state index in [4.69, 9.17) is 10.5 Å². The zero-order valence-corrected chi connectivity index (χ0v) is 12.2. The van der Waals surface area contributed by atoms with E-state index in [9.17, 15) is 0 Å². The highest BCUT2D eigenvalue weighted by Crippen LogP contribution is 2.21. The van der Waals surface area contributed by atoms with E-state index in [0.29, 0.717) is 10.9 Å². The van der Waals surface area contributed by atoms with Gasteiger partial charge in [0, 0.05) is 5.38 Å². The summed E-state index contributed by atoms with van der Waals surface area (Å²) in [5.41, 5.74) is 9.41. The number of thiazole rings is 1. The van der Waals surface area contributed by atoms with Gasteiger partial charge in [0.1, 0.15) is 11.6 Å². The highest BCUT2D eigenvalue weighted by atomic mass is 32.1. The topological polar surface area (TPSA) is 72.5 Å². The molecule has 0 saturated carbocycles. The quantitative estimate of drug-likeness (QED) is 0.572. The van der Waals surface area contributed by atoms with Crippen LogP contribution in [0.3, 0.4) is 0 Å². The lowest BCUT2D eigenvalue weighted by Crippen LogP contribution is -1.91. The van der Waals surface area contributed by atoms with Gasteiger partial charge < -0.3 is 10.5 Å². The highest BCUT2D eigenvalue weighted by Gasteiger charge is 1.98. The summed E-state index contributed by atoms with van der Waals surface area (Å²) < 4.78 is 5.22. The van der Waals surface area contributed by atoms with Gasteiger partial charge in [-0.1, -0.05) is 18.2 Å². The van der Waals surface area contributed by atoms with E-state index < -0.39 is 0 Å². The summed E-state index contributed by atoms with van der Waals surface area (Å²) in [5.74, 6) is 1.35. The molecular formula is C15H14N4OS. The summed E-state index contributed by atoms with van der Waals surface area (Å²) in [6.07, 6.45) is 1.75. The molecule has 3 N–H and O–H groups in total. The van der Waals surface area contributed by atoms with Crippen LogP contribution >= 0.6 is 11.3 Å². The monoisotopic (exact) mass is 298 g/mol. The molecule has 6 heteroatoms. The van der Waals surface area contributed by atoms with Gasteiger partial charge in [0.2, 0.25) is 5.13 Å². The maximum absolute atomic E-state index is 5.54. The third-order valence-corrected chi connectivity index (χ3v) is 3.73. The molecule has 0 amide bonds. The fourth-order valence-electron chi connectivity index (χ4n) is 1.95. The van der Waals surface area contributed by atoms with Crippen molar-refractivity contribution in [2.24, 2.45) is 5.10 Å². The van der Waals surface area contributed by atoms with Crippen molar-refractivity contribution in [3.05, 3.63) is 47.3 Å². The number of rotatable bonds is 4. The average molecular weight is 298 g/mol. The molecule has 0 fully saturated rings. The molecule has 0 aliphatic rings. The Morgan fingerprint density at radius 2 is 2.05 bits per heavy atom. The van der Waals surface area contributed by atoms with Crippen LogP contribution in [0.1, 0.15) is 5.56 Å². The summed E-state index contributed by atoms with van der Waals surface area (Å²) in [4.78, 5) is 4.07. The zero-order chi connectivity index (χ0) is 14.7. The summed E-state index contributed by atoms with van der Waals surface area (Å²) in [7, 11) is 1.67. The minimum atomic E-state index is 0.498. The number of nitrogens with zero attached hydrogens (tertiary/aromatic N) is 2. The lowest BCUT2D eigenvalue weighted by atomic mass is 10.1. The molecule has 21 heavy (non-hydrogen) atoms. The summed E-state index contributed by atoms with van der Waals surface area (Å²) in [6, 6.07) is 12.1. The van der Waals surface area contributed by atoms with Crippen LogP contribution in [0, 0.1) is 0 Å². The Morgan fingerprint density at radius 1 is 1.24 bits per heavy atom. The van der Waals surface area contributed by atoms with E-state index in [0.717, 1.165) is 22.1 Å². The molecule has 0 bridgehead atoms. The van der Waals surface area contributed by atoms with E-state index in [2.05, 4.69) is 21.6 Å². The first kappa shape index (κ1) is 13.4. The lowest BCUT2D eigenvalue weighted by molar-refractivity contribution is 0.415. The second-order valence-corrected chi connectivity index (χ2v) is 5.28. The van der Waals surface area contributed by atoms with Crippen LogP contribution in [0.25, 0.3) is 10.8 Å². The fraction of sp³-hybridized carbons (Fsp3) is 0.0667. The van der Waals surface area contributed by atoms with E-state index >= 15 is 0 Å². The first-order valence-corrected chi connectivity index (χ1v) is 7.20. The van der Waals surface area contributed by atoms with Crippen molar-refractivity contribution in [2.75, 3.05) is 18.3 Å². The maximum Gasteiger partial charge on any atom is 0.205 e. The van der Waals surface area contributed by atoms with Crippen molar-refractivity contribution < 1.29 is 4.74 Å². The van der Waals surface area contributed by atoms with E-state index in [1.165, 1.54) is 11.3 Å². The van der Waals surface area contributed by atoms with Gasteiger partial charge >= 0.3 is 0 Å². The minimum absolute atomic E-state index is 0.498. The largest absolute Gasteiger partial charge is 0.497 e. The average Bonchev–Trinajstić information content (AvgIpc) is 2.92. The van der Waals surface area contributed by atoms with Gasteiger partial charge in [-0.3, -0.25) is 5.43 Å². The van der Waals surface area contributed by atoms with E-state index in [1.54, 1.807) is 18.7 Å². The van der Waals surface area contributed by atoms with Crippen LogP contribution in [-0.4, -0.2) is 18.3 Å². The van der Waals surface area contributed by atoms with Crippen LogP contribution in [0.5, 0.6) is 5.75 Å². The van der Waals surface area contributed by atoms with Gasteiger partial charge in [0.15, 0.2) is 0 Å². The first-order valence-electron chi connectivity index (χ1n) is 6.32. The number of benzene rings is 2. The van der Waals surface area contributed by atoms with E-state index in [1.807, 2.05) is 30.3 Å². The highest BCUT2D eigenvalue weighted by molar-refractivity contribution is 7.14. The molecule has 3 aromatic rings. The molecule has 0 saturated heterocycles. The SMILES string of the molecule is COc1ccc2cc(C=NNc3nc(N)cs3)ccc2c1. The molecular weight excluding hydrogens is 284 g/mol. The summed E-state index contributed by atoms with van der Waals surface area (Å²) in [5, 5.41) is 8.87. The third-order valence-electron chi connectivity index (χ3n) is 2.97. The van der Waals surface area contributed by atoms with Crippen LogP contribution in [0.15, 0.2) is 46.9 Å². The Kier molecular flexibility index (Phi) is 3.70. The van der Waals surface area contributed by atoms with Crippen molar-refractivity contribution >= 4 is 39.3 Å². The van der Waals surface area contributed by atoms with Crippen LogP contribution in [0.2, 0.25) is 0 Å². The Morgan fingerprint density at radius 3 is 2.81 bits per heavy atom. The standard InChI is InChI=1S/C15H14N4OS/c1-20-13-5-4-11-6-10(2-3-12(11)7-13)8-17-19-15-18-14(16)9-21-15/h2-9H,16H2,1H3,(H,18,19). The van der Waals surface area contributed by atoms with E-state index in [-0.39, 0.29) is 0 Å².